The number of hydrogen-bond donors (Lipinski definition) is 2. The van der Waals surface area contributed by atoms with E-state index in [1.165, 1.54) is 4.90 Å². The van der Waals surface area contributed by atoms with Gasteiger partial charge in [0.1, 0.15) is 0 Å². The Morgan fingerprint density at radius 1 is 1.24 bits per heavy atom. The van der Waals surface area contributed by atoms with Gasteiger partial charge in [0.2, 0.25) is 5.91 Å². The largest absolute Gasteiger partial charge is 0.401 e. The normalized spacial score (nSPS) is 24.1. The molecule has 0 aromatic heterocycles. The number of nitrogens with one attached hydrogen (secondary N) is 2. The Bertz CT molecular complexity index is 555. The number of halogens is 3. The molecule has 2 atom stereocenters. The van der Waals surface area contributed by atoms with E-state index in [1.807, 2.05) is 6.92 Å². The highest BCUT2D eigenvalue weighted by atomic mass is 19.4. The third kappa shape index (κ3) is 8.00. The number of carbonyl (C=O) groups excluding carboxylic acids is 1. The van der Waals surface area contributed by atoms with E-state index in [0.717, 1.165) is 32.4 Å². The van der Waals surface area contributed by atoms with Crippen molar-refractivity contribution in [2.45, 2.75) is 50.9 Å². The molecule has 0 saturated carbocycles. The Hall–Kier alpha value is -1.55. The maximum atomic E-state index is 12.5. The summed E-state index contributed by atoms with van der Waals surface area (Å²) in [5.74, 6) is 0.805. The van der Waals surface area contributed by atoms with Crippen LogP contribution in [0, 0.1) is 0 Å². The van der Waals surface area contributed by atoms with Crippen molar-refractivity contribution >= 4 is 11.9 Å². The number of rotatable bonds is 8. The van der Waals surface area contributed by atoms with E-state index in [-0.39, 0.29) is 18.0 Å². The lowest BCUT2D eigenvalue weighted by Crippen LogP contribution is -2.45. The van der Waals surface area contributed by atoms with Crippen molar-refractivity contribution in [1.29, 1.82) is 0 Å². The lowest BCUT2D eigenvalue weighted by molar-refractivity contribution is -0.143. The smallest absolute Gasteiger partial charge is 0.357 e. The van der Waals surface area contributed by atoms with Crippen LogP contribution < -0.4 is 10.6 Å². The fourth-order valence-electron chi connectivity index (χ4n) is 4.00. The number of alkyl halides is 3. The van der Waals surface area contributed by atoms with Crippen LogP contribution in [0.4, 0.5) is 13.2 Å². The number of nitrogens with zero attached hydrogens (tertiary/aromatic N) is 4. The van der Waals surface area contributed by atoms with Crippen molar-refractivity contribution in [3.8, 4) is 0 Å². The fourth-order valence-corrected chi connectivity index (χ4v) is 4.00. The van der Waals surface area contributed by atoms with Crippen LogP contribution in [0.15, 0.2) is 4.99 Å². The SMILES string of the molecule is CCNC(=NCCCN1CCCC1C(=O)N(C)C)NC1CCN(CC(F)(F)F)C1. The molecule has 2 unspecified atom stereocenters. The highest BCUT2D eigenvalue weighted by Crippen LogP contribution is 2.20. The number of hydrogen-bond acceptors (Lipinski definition) is 4. The summed E-state index contributed by atoms with van der Waals surface area (Å²) in [5.41, 5.74) is 0. The molecule has 2 heterocycles. The summed E-state index contributed by atoms with van der Waals surface area (Å²) in [6.45, 7) is 4.95. The number of amides is 1. The van der Waals surface area contributed by atoms with E-state index in [0.29, 0.717) is 38.6 Å². The van der Waals surface area contributed by atoms with Crippen molar-refractivity contribution in [2.24, 2.45) is 4.99 Å². The van der Waals surface area contributed by atoms with Crippen LogP contribution in [0.1, 0.15) is 32.6 Å². The molecule has 2 N–H and O–H groups in total. The first-order chi connectivity index (χ1) is 13.7. The summed E-state index contributed by atoms with van der Waals surface area (Å²) in [5, 5.41) is 6.43. The Kier molecular flexibility index (Phi) is 9.01. The molecule has 2 aliphatic heterocycles. The van der Waals surface area contributed by atoms with Crippen molar-refractivity contribution in [2.75, 3.05) is 59.9 Å². The van der Waals surface area contributed by atoms with Gasteiger partial charge >= 0.3 is 6.18 Å². The molecule has 29 heavy (non-hydrogen) atoms. The molecule has 0 aromatic carbocycles. The number of carbonyl (C=O) groups is 1. The summed E-state index contributed by atoms with van der Waals surface area (Å²) in [6.07, 6.45) is -0.718. The summed E-state index contributed by atoms with van der Waals surface area (Å²) < 4.78 is 37.6. The average Bonchev–Trinajstić information content (AvgIpc) is 3.26. The molecular weight excluding hydrogens is 385 g/mol. The zero-order chi connectivity index (χ0) is 21.4. The summed E-state index contributed by atoms with van der Waals surface area (Å²) >= 11 is 0. The van der Waals surface area contributed by atoms with E-state index in [4.69, 9.17) is 0 Å². The van der Waals surface area contributed by atoms with Crippen molar-refractivity contribution in [3.05, 3.63) is 0 Å². The van der Waals surface area contributed by atoms with Gasteiger partial charge < -0.3 is 15.5 Å². The van der Waals surface area contributed by atoms with Crippen molar-refractivity contribution in [1.82, 2.24) is 25.3 Å². The standard InChI is InChI=1S/C19H35F3N6O/c1-4-23-18(25-15-8-12-27(13-15)14-19(20,21)22)24-9-6-11-28-10-5-7-16(28)17(29)26(2)3/h15-16H,4-14H2,1-3H3,(H2,23,24,25). The quantitative estimate of drug-likeness (QED) is 0.350. The minimum absolute atomic E-state index is 0.0292. The van der Waals surface area contributed by atoms with E-state index in [1.54, 1.807) is 19.0 Å². The molecule has 0 bridgehead atoms. The zero-order valence-corrected chi connectivity index (χ0v) is 17.8. The molecular formula is C19H35F3N6O. The van der Waals surface area contributed by atoms with Gasteiger partial charge in [-0.2, -0.15) is 13.2 Å². The van der Waals surface area contributed by atoms with Crippen molar-refractivity contribution in [3.63, 3.8) is 0 Å². The Balaban J connectivity index is 1.77. The molecule has 10 heteroatoms. The van der Waals surface area contributed by atoms with E-state index >= 15 is 0 Å². The van der Waals surface area contributed by atoms with E-state index < -0.39 is 12.7 Å². The number of likely N-dealkylation sites (tertiary alicyclic amines) is 2. The molecule has 0 aromatic rings. The van der Waals surface area contributed by atoms with Gasteiger partial charge in [-0.1, -0.05) is 0 Å². The third-order valence-electron chi connectivity index (χ3n) is 5.32. The second-order valence-corrected chi connectivity index (χ2v) is 8.02. The predicted octanol–water partition coefficient (Wildman–Crippen LogP) is 1.12. The lowest BCUT2D eigenvalue weighted by Gasteiger charge is -2.25. The van der Waals surface area contributed by atoms with Crippen LogP contribution in [0.3, 0.4) is 0 Å². The van der Waals surface area contributed by atoms with Gasteiger partial charge in [0.05, 0.1) is 12.6 Å². The monoisotopic (exact) mass is 420 g/mol. The van der Waals surface area contributed by atoms with Crippen LogP contribution in [-0.4, -0.2) is 105 Å². The van der Waals surface area contributed by atoms with Gasteiger partial charge in [0.15, 0.2) is 5.96 Å². The number of aliphatic imine (C=N–C) groups is 1. The molecule has 2 aliphatic rings. The minimum Gasteiger partial charge on any atom is -0.357 e. The first-order valence-corrected chi connectivity index (χ1v) is 10.5. The molecule has 2 saturated heterocycles. The molecule has 168 valence electrons. The van der Waals surface area contributed by atoms with Crippen LogP contribution >= 0.6 is 0 Å². The Morgan fingerprint density at radius 2 is 2.00 bits per heavy atom. The van der Waals surface area contributed by atoms with Gasteiger partial charge in [-0.15, -0.1) is 0 Å². The van der Waals surface area contributed by atoms with Crippen LogP contribution in [-0.2, 0) is 4.79 Å². The van der Waals surface area contributed by atoms with Crippen LogP contribution in [0.5, 0.6) is 0 Å². The summed E-state index contributed by atoms with van der Waals surface area (Å²) in [6, 6.07) is -0.0609. The number of likely N-dealkylation sites (N-methyl/N-ethyl adjacent to an activating group) is 1. The topological polar surface area (TPSA) is 63.2 Å². The average molecular weight is 421 g/mol. The van der Waals surface area contributed by atoms with E-state index in [2.05, 4.69) is 20.5 Å². The van der Waals surface area contributed by atoms with Gasteiger partial charge in [0, 0.05) is 52.9 Å². The Morgan fingerprint density at radius 3 is 2.66 bits per heavy atom. The van der Waals surface area contributed by atoms with Gasteiger partial charge in [-0.25, -0.2) is 0 Å². The minimum atomic E-state index is -4.16. The lowest BCUT2D eigenvalue weighted by atomic mass is 10.2. The van der Waals surface area contributed by atoms with Gasteiger partial charge in [-0.05, 0) is 39.2 Å². The van der Waals surface area contributed by atoms with Crippen LogP contribution in [0.2, 0.25) is 0 Å². The van der Waals surface area contributed by atoms with Crippen LogP contribution in [0.25, 0.3) is 0 Å². The maximum Gasteiger partial charge on any atom is 0.401 e. The molecule has 0 radical (unpaired) electrons. The summed E-state index contributed by atoms with van der Waals surface area (Å²) in [4.78, 5) is 22.1. The molecule has 1 amide bonds. The first kappa shape index (κ1) is 23.7. The molecule has 2 fully saturated rings. The third-order valence-corrected chi connectivity index (χ3v) is 5.32. The van der Waals surface area contributed by atoms with Gasteiger partial charge in [0.25, 0.3) is 0 Å². The Labute approximate surface area is 171 Å². The van der Waals surface area contributed by atoms with Crippen molar-refractivity contribution < 1.29 is 18.0 Å². The maximum absolute atomic E-state index is 12.5. The fraction of sp³-hybridized carbons (Fsp3) is 0.895. The predicted molar refractivity (Wildman–Crippen MR) is 108 cm³/mol. The van der Waals surface area contributed by atoms with Gasteiger partial charge in [-0.3, -0.25) is 19.6 Å². The molecule has 0 spiro atoms. The molecule has 2 rings (SSSR count). The highest BCUT2D eigenvalue weighted by molar-refractivity contribution is 5.81. The second-order valence-electron chi connectivity index (χ2n) is 8.02. The number of guanidine groups is 1. The zero-order valence-electron chi connectivity index (χ0n) is 17.8. The molecule has 0 aliphatic carbocycles. The highest BCUT2D eigenvalue weighted by Gasteiger charge is 2.34. The first-order valence-electron chi connectivity index (χ1n) is 10.5. The molecule has 7 nitrogen and oxygen atoms in total. The van der Waals surface area contributed by atoms with E-state index in [9.17, 15) is 18.0 Å². The second kappa shape index (κ2) is 11.0. The summed E-state index contributed by atoms with van der Waals surface area (Å²) in [7, 11) is 3.58.